The van der Waals surface area contributed by atoms with Crippen LogP contribution >= 0.6 is 0 Å². The minimum atomic E-state index is -0.620. The molecule has 0 atom stereocenters. The van der Waals surface area contributed by atoms with Crippen molar-refractivity contribution in [2.45, 2.75) is 12.8 Å². The number of H-pyrrole nitrogens is 1. The van der Waals surface area contributed by atoms with Crippen molar-refractivity contribution in [2.24, 2.45) is 4.99 Å². The summed E-state index contributed by atoms with van der Waals surface area (Å²) in [7, 11) is 0. The summed E-state index contributed by atoms with van der Waals surface area (Å²) in [5, 5.41) is 10.8. The summed E-state index contributed by atoms with van der Waals surface area (Å²) in [4.78, 5) is 28.9. The molecule has 0 radical (unpaired) electrons. The number of nitrogens with zero attached hydrogens (tertiary/aromatic N) is 2. The van der Waals surface area contributed by atoms with E-state index in [1.54, 1.807) is 48.5 Å². The summed E-state index contributed by atoms with van der Waals surface area (Å²) in [5.41, 5.74) is 3.98. The summed E-state index contributed by atoms with van der Waals surface area (Å²) in [6.07, 6.45) is 0.239. The molecule has 0 saturated carbocycles. The topological polar surface area (TPSA) is 96.4 Å². The van der Waals surface area contributed by atoms with E-state index in [-0.39, 0.29) is 11.4 Å². The first-order valence-electron chi connectivity index (χ1n) is 12.0. The van der Waals surface area contributed by atoms with Crippen LogP contribution in [0.4, 0.5) is 14.9 Å². The quantitative estimate of drug-likeness (QED) is 0.328. The number of hydrogen-bond acceptors (Lipinski definition) is 5. The van der Waals surface area contributed by atoms with Crippen LogP contribution < -0.4 is 15.6 Å². The highest BCUT2D eigenvalue weighted by Crippen LogP contribution is 2.33. The van der Waals surface area contributed by atoms with Crippen LogP contribution in [0.1, 0.15) is 16.8 Å². The molecule has 8 heteroatoms. The number of fused-ring (bicyclic) bond motifs is 2. The third-order valence-electron chi connectivity index (χ3n) is 6.39. The first-order valence-corrected chi connectivity index (χ1v) is 12.0. The van der Waals surface area contributed by atoms with E-state index in [4.69, 9.17) is 4.74 Å². The number of amidine groups is 1. The lowest BCUT2D eigenvalue weighted by Gasteiger charge is -2.09. The molecule has 5 aromatic rings. The van der Waals surface area contributed by atoms with Gasteiger partial charge >= 0.3 is 6.09 Å². The Morgan fingerprint density at radius 1 is 0.947 bits per heavy atom. The van der Waals surface area contributed by atoms with Crippen LogP contribution in [-0.4, -0.2) is 22.1 Å². The van der Waals surface area contributed by atoms with Gasteiger partial charge in [-0.1, -0.05) is 54.6 Å². The molecule has 38 heavy (non-hydrogen) atoms. The Bertz CT molecular complexity index is 1780. The Hall–Kier alpha value is -5.11. The number of aromatic amines is 1. The van der Waals surface area contributed by atoms with E-state index in [1.165, 1.54) is 6.07 Å². The summed E-state index contributed by atoms with van der Waals surface area (Å²) in [5.74, 6) is 0.534. The lowest BCUT2D eigenvalue weighted by molar-refractivity contribution is 0.206. The van der Waals surface area contributed by atoms with Crippen LogP contribution in [0.2, 0.25) is 0 Å². The number of aromatic nitrogens is 2. The summed E-state index contributed by atoms with van der Waals surface area (Å²) in [6.45, 7) is 0. The Morgan fingerprint density at radius 2 is 1.74 bits per heavy atom. The van der Waals surface area contributed by atoms with Crippen LogP contribution in [0, 0.1) is 5.82 Å². The van der Waals surface area contributed by atoms with Crippen molar-refractivity contribution in [1.29, 1.82) is 0 Å². The van der Waals surface area contributed by atoms with Gasteiger partial charge in [-0.15, -0.1) is 0 Å². The zero-order valence-electron chi connectivity index (χ0n) is 20.1. The van der Waals surface area contributed by atoms with Gasteiger partial charge in [-0.25, -0.2) is 19.3 Å². The molecule has 1 aliphatic heterocycles. The molecule has 1 amide bonds. The molecule has 0 fully saturated rings. The van der Waals surface area contributed by atoms with E-state index < -0.39 is 6.09 Å². The first kappa shape index (κ1) is 23.3. The molecule has 6 rings (SSSR count). The Balaban J connectivity index is 1.24. The average Bonchev–Trinajstić information content (AvgIpc) is 3.33. The summed E-state index contributed by atoms with van der Waals surface area (Å²) in [6, 6.07) is 26.5. The summed E-state index contributed by atoms with van der Waals surface area (Å²) >= 11 is 0. The number of benzene rings is 4. The highest BCUT2D eigenvalue weighted by molar-refractivity contribution is 6.01. The van der Waals surface area contributed by atoms with Crippen molar-refractivity contribution in [1.82, 2.24) is 15.5 Å². The zero-order chi connectivity index (χ0) is 26.1. The van der Waals surface area contributed by atoms with E-state index in [1.807, 2.05) is 36.4 Å². The average molecular weight is 505 g/mol. The van der Waals surface area contributed by atoms with Crippen molar-refractivity contribution in [3.8, 4) is 16.9 Å². The largest absolute Gasteiger partial charge is 0.418 e. The molecule has 0 aliphatic carbocycles. The number of carbonyl (C=O) groups excluding carboxylic acids is 1. The van der Waals surface area contributed by atoms with E-state index in [0.717, 1.165) is 16.5 Å². The van der Waals surface area contributed by atoms with Gasteiger partial charge in [-0.2, -0.15) is 5.10 Å². The molecule has 4 aromatic carbocycles. The second-order valence-corrected chi connectivity index (χ2v) is 8.94. The number of nitrogens with one attached hydrogen (secondary N) is 2. The molecule has 2 N–H and O–H groups in total. The van der Waals surface area contributed by atoms with Crippen molar-refractivity contribution in [3.05, 3.63) is 124 Å². The molecule has 1 aliphatic rings. The highest BCUT2D eigenvalue weighted by Gasteiger charge is 2.19. The van der Waals surface area contributed by atoms with Gasteiger partial charge in [0.25, 0.3) is 5.56 Å². The summed E-state index contributed by atoms with van der Waals surface area (Å²) < 4.78 is 20.2. The van der Waals surface area contributed by atoms with Crippen LogP contribution in [-0.2, 0) is 12.8 Å². The van der Waals surface area contributed by atoms with Gasteiger partial charge in [0, 0.05) is 23.8 Å². The minimum absolute atomic E-state index is 0.245. The van der Waals surface area contributed by atoms with Gasteiger partial charge in [0.05, 0.1) is 16.8 Å². The molecule has 186 valence electrons. The molecule has 0 unspecified atom stereocenters. The molecule has 0 spiro atoms. The first-order chi connectivity index (χ1) is 18.5. The van der Waals surface area contributed by atoms with Crippen LogP contribution in [0.3, 0.4) is 0 Å². The monoisotopic (exact) mass is 504 g/mol. The number of halogens is 1. The van der Waals surface area contributed by atoms with Gasteiger partial charge in [0.1, 0.15) is 17.4 Å². The molecule has 2 heterocycles. The number of hydrogen-bond donors (Lipinski definition) is 2. The van der Waals surface area contributed by atoms with Crippen LogP contribution in [0.5, 0.6) is 5.75 Å². The van der Waals surface area contributed by atoms with Gasteiger partial charge in [0.15, 0.2) is 0 Å². The third-order valence-corrected chi connectivity index (χ3v) is 6.39. The number of para-hydroxylation sites is 1. The predicted octanol–water partition coefficient (Wildman–Crippen LogP) is 5.69. The fourth-order valence-electron chi connectivity index (χ4n) is 4.56. The van der Waals surface area contributed by atoms with Gasteiger partial charge in [0.2, 0.25) is 0 Å². The Morgan fingerprint density at radius 3 is 2.58 bits per heavy atom. The second-order valence-electron chi connectivity index (χ2n) is 8.94. The molecule has 0 saturated heterocycles. The van der Waals surface area contributed by atoms with Crippen molar-refractivity contribution < 1.29 is 13.9 Å². The molecular formula is C30H21FN4O3. The molecule has 7 nitrogen and oxygen atoms in total. The van der Waals surface area contributed by atoms with Gasteiger partial charge in [-0.05, 0) is 53.1 Å². The van der Waals surface area contributed by atoms with Gasteiger partial charge in [-0.3, -0.25) is 10.1 Å². The van der Waals surface area contributed by atoms with Crippen LogP contribution in [0.15, 0.2) is 101 Å². The lowest BCUT2D eigenvalue weighted by atomic mass is 9.97. The number of amides is 1. The van der Waals surface area contributed by atoms with Gasteiger partial charge < -0.3 is 4.74 Å². The third kappa shape index (κ3) is 4.67. The van der Waals surface area contributed by atoms with E-state index >= 15 is 0 Å². The van der Waals surface area contributed by atoms with Crippen LogP contribution in [0.25, 0.3) is 21.9 Å². The number of rotatable bonds is 4. The zero-order valence-corrected chi connectivity index (χ0v) is 20.1. The maximum absolute atomic E-state index is 14.9. The Labute approximate surface area is 216 Å². The number of carbonyl (C=O) groups is 1. The minimum Gasteiger partial charge on any atom is -0.410 e. The highest BCUT2D eigenvalue weighted by atomic mass is 19.1. The molecular weight excluding hydrogens is 483 g/mol. The maximum atomic E-state index is 14.9. The number of ether oxygens (including phenoxy) is 1. The SMILES string of the molecule is O=C(NC1=Nc2cc(-c3cc(Cc4n[nH]c(=O)c5ccccc45)ccc3F)ccc2C1)Oc1ccccc1. The van der Waals surface area contributed by atoms with E-state index in [0.29, 0.717) is 52.3 Å². The second kappa shape index (κ2) is 9.74. The van der Waals surface area contributed by atoms with Crippen molar-refractivity contribution in [2.75, 3.05) is 0 Å². The number of aliphatic imine (C=N–C) groups is 1. The fraction of sp³-hybridized carbons (Fsp3) is 0.0667. The predicted molar refractivity (Wildman–Crippen MR) is 143 cm³/mol. The smallest absolute Gasteiger partial charge is 0.410 e. The van der Waals surface area contributed by atoms with Crippen molar-refractivity contribution in [3.63, 3.8) is 0 Å². The normalized spacial score (nSPS) is 12.2. The lowest BCUT2D eigenvalue weighted by Crippen LogP contribution is -2.32. The standard InChI is InChI=1S/C30H21FN4O3/c31-25-13-10-18(15-27-22-8-4-5-9-23(22)29(36)35-34-27)14-24(25)19-11-12-20-17-28(32-26(20)16-19)33-30(37)38-21-6-2-1-3-7-21/h1-14,16H,15,17H2,(H,35,36)(H,32,33,37). The van der Waals surface area contributed by atoms with E-state index in [9.17, 15) is 14.0 Å². The van der Waals surface area contributed by atoms with Crippen molar-refractivity contribution >= 4 is 28.4 Å². The molecule has 0 bridgehead atoms. The Kier molecular flexibility index (Phi) is 5.97. The molecule has 1 aromatic heterocycles. The van der Waals surface area contributed by atoms with E-state index in [2.05, 4.69) is 20.5 Å². The maximum Gasteiger partial charge on any atom is 0.418 e. The fourth-order valence-corrected chi connectivity index (χ4v) is 4.56.